The number of aliphatic hydroxyl groups excluding tert-OH is 1. The van der Waals surface area contributed by atoms with Crippen molar-refractivity contribution in [1.82, 2.24) is 9.97 Å². The molecule has 1 aliphatic rings. The second kappa shape index (κ2) is 4.28. The molecule has 1 aromatic rings. The average molecular weight is 210 g/mol. The minimum Gasteiger partial charge on any atom is -0.392 e. The fourth-order valence-electron chi connectivity index (χ4n) is 1.66. The molecule has 1 fully saturated rings. The molecule has 1 saturated carbocycles. The van der Waals surface area contributed by atoms with Crippen molar-refractivity contribution in [3.63, 3.8) is 0 Å². The molecular weight excluding hydrogens is 196 g/mol. The van der Waals surface area contributed by atoms with Gasteiger partial charge in [-0.15, -0.1) is 0 Å². The van der Waals surface area contributed by atoms with E-state index in [4.69, 9.17) is 5.11 Å². The summed E-state index contributed by atoms with van der Waals surface area (Å²) in [6, 6.07) is 0. The highest BCUT2D eigenvalue weighted by atomic mass is 32.2. The van der Waals surface area contributed by atoms with Crippen molar-refractivity contribution in [3.8, 4) is 0 Å². The zero-order chi connectivity index (χ0) is 9.97. The zero-order valence-corrected chi connectivity index (χ0v) is 9.05. The van der Waals surface area contributed by atoms with Gasteiger partial charge in [0.2, 0.25) is 0 Å². The lowest BCUT2D eigenvalue weighted by Gasteiger charge is -2.26. The first kappa shape index (κ1) is 9.93. The third kappa shape index (κ3) is 1.77. The Hall–Kier alpha value is -0.610. The molecule has 0 radical (unpaired) electrons. The van der Waals surface area contributed by atoms with E-state index >= 15 is 0 Å². The molecule has 14 heavy (non-hydrogen) atoms. The predicted molar refractivity (Wildman–Crippen MR) is 56.3 cm³/mol. The lowest BCUT2D eigenvalue weighted by molar-refractivity contribution is 0.274. The molecule has 0 aromatic carbocycles. The number of thioether (sulfide) groups is 1. The second-order valence-corrected chi connectivity index (χ2v) is 4.33. The van der Waals surface area contributed by atoms with Crippen LogP contribution in [0.15, 0.2) is 11.4 Å². The van der Waals surface area contributed by atoms with Crippen molar-refractivity contribution in [2.45, 2.75) is 36.9 Å². The SMILES string of the molecule is CSc1ncc(CO)c(C2CCC2)n1. The molecule has 1 heterocycles. The zero-order valence-electron chi connectivity index (χ0n) is 8.23. The third-order valence-electron chi connectivity index (χ3n) is 2.72. The van der Waals surface area contributed by atoms with Crippen molar-refractivity contribution >= 4 is 11.8 Å². The van der Waals surface area contributed by atoms with Gasteiger partial charge in [-0.05, 0) is 19.1 Å². The van der Waals surface area contributed by atoms with E-state index in [0.717, 1.165) is 16.4 Å². The third-order valence-corrected chi connectivity index (χ3v) is 3.28. The Bertz CT molecular complexity index is 326. The average Bonchev–Trinajstić information content (AvgIpc) is 2.15. The summed E-state index contributed by atoms with van der Waals surface area (Å²) < 4.78 is 0. The van der Waals surface area contributed by atoms with E-state index in [1.54, 1.807) is 18.0 Å². The van der Waals surface area contributed by atoms with Gasteiger partial charge in [0.1, 0.15) is 0 Å². The lowest BCUT2D eigenvalue weighted by atomic mass is 9.81. The number of hydrogen-bond donors (Lipinski definition) is 1. The van der Waals surface area contributed by atoms with E-state index in [0.29, 0.717) is 5.92 Å². The van der Waals surface area contributed by atoms with Crippen molar-refractivity contribution in [1.29, 1.82) is 0 Å². The summed E-state index contributed by atoms with van der Waals surface area (Å²) in [5, 5.41) is 9.97. The van der Waals surface area contributed by atoms with Crippen LogP contribution in [0, 0.1) is 0 Å². The van der Waals surface area contributed by atoms with Crippen LogP contribution in [-0.2, 0) is 6.61 Å². The van der Waals surface area contributed by atoms with Crippen molar-refractivity contribution < 1.29 is 5.11 Å². The normalized spacial score (nSPS) is 16.7. The van der Waals surface area contributed by atoms with Gasteiger partial charge in [0.25, 0.3) is 0 Å². The van der Waals surface area contributed by atoms with Crippen LogP contribution in [0.4, 0.5) is 0 Å². The Labute approximate surface area is 88.0 Å². The number of nitrogens with zero attached hydrogens (tertiary/aromatic N) is 2. The molecule has 76 valence electrons. The van der Waals surface area contributed by atoms with Crippen molar-refractivity contribution in [3.05, 3.63) is 17.5 Å². The van der Waals surface area contributed by atoms with Crippen LogP contribution in [0.25, 0.3) is 0 Å². The van der Waals surface area contributed by atoms with Crippen LogP contribution in [0.5, 0.6) is 0 Å². The van der Waals surface area contributed by atoms with Gasteiger partial charge in [0.15, 0.2) is 5.16 Å². The Morgan fingerprint density at radius 3 is 2.86 bits per heavy atom. The van der Waals surface area contributed by atoms with Crippen LogP contribution in [0.3, 0.4) is 0 Å². The highest BCUT2D eigenvalue weighted by Gasteiger charge is 2.23. The van der Waals surface area contributed by atoms with Gasteiger partial charge >= 0.3 is 0 Å². The maximum atomic E-state index is 9.16. The first-order valence-corrected chi connectivity index (χ1v) is 6.08. The molecule has 4 heteroatoms. The van der Waals surface area contributed by atoms with E-state index in [2.05, 4.69) is 9.97 Å². The molecule has 0 unspecified atom stereocenters. The summed E-state index contributed by atoms with van der Waals surface area (Å²) in [6.07, 6.45) is 7.43. The number of aliphatic hydroxyl groups is 1. The minimum atomic E-state index is 0.0560. The Morgan fingerprint density at radius 2 is 2.36 bits per heavy atom. The first-order valence-electron chi connectivity index (χ1n) is 4.86. The van der Waals surface area contributed by atoms with Gasteiger partial charge in [-0.2, -0.15) is 0 Å². The summed E-state index contributed by atoms with van der Waals surface area (Å²) in [7, 11) is 0. The predicted octanol–water partition coefficient (Wildman–Crippen LogP) is 1.96. The van der Waals surface area contributed by atoms with Crippen molar-refractivity contribution in [2.75, 3.05) is 6.26 Å². The molecule has 2 rings (SSSR count). The molecule has 0 amide bonds. The van der Waals surface area contributed by atoms with Gasteiger partial charge in [-0.25, -0.2) is 9.97 Å². The maximum Gasteiger partial charge on any atom is 0.187 e. The maximum absolute atomic E-state index is 9.16. The van der Waals surface area contributed by atoms with Gasteiger partial charge in [0, 0.05) is 17.7 Å². The van der Waals surface area contributed by atoms with E-state index in [1.807, 2.05) is 6.26 Å². The standard InChI is InChI=1S/C10H14N2OS/c1-14-10-11-5-8(6-13)9(12-10)7-3-2-4-7/h5,7,13H,2-4,6H2,1H3. The summed E-state index contributed by atoms with van der Waals surface area (Å²) in [5.41, 5.74) is 1.96. The van der Waals surface area contributed by atoms with Crippen LogP contribution in [-0.4, -0.2) is 21.3 Å². The molecule has 1 aromatic heterocycles. The van der Waals surface area contributed by atoms with E-state index in [9.17, 15) is 0 Å². The lowest BCUT2D eigenvalue weighted by Crippen LogP contribution is -2.14. The minimum absolute atomic E-state index is 0.0560. The monoisotopic (exact) mass is 210 g/mol. The highest BCUT2D eigenvalue weighted by molar-refractivity contribution is 7.98. The molecular formula is C10H14N2OS. The topological polar surface area (TPSA) is 46.0 Å². The van der Waals surface area contributed by atoms with Crippen LogP contribution in [0.2, 0.25) is 0 Å². The Balaban J connectivity index is 2.31. The summed E-state index contributed by atoms with van der Waals surface area (Å²) in [5.74, 6) is 0.561. The van der Waals surface area contributed by atoms with Crippen LogP contribution < -0.4 is 0 Å². The molecule has 0 bridgehead atoms. The number of rotatable bonds is 3. The number of hydrogen-bond acceptors (Lipinski definition) is 4. The molecule has 1 aliphatic carbocycles. The second-order valence-electron chi connectivity index (χ2n) is 3.55. The first-order chi connectivity index (χ1) is 6.85. The smallest absolute Gasteiger partial charge is 0.187 e. The summed E-state index contributed by atoms with van der Waals surface area (Å²) in [6.45, 7) is 0.0560. The Kier molecular flexibility index (Phi) is 3.03. The fourth-order valence-corrected chi connectivity index (χ4v) is 2.01. The fraction of sp³-hybridized carbons (Fsp3) is 0.600. The Morgan fingerprint density at radius 1 is 1.57 bits per heavy atom. The van der Waals surface area contributed by atoms with E-state index in [1.165, 1.54) is 19.3 Å². The van der Waals surface area contributed by atoms with Crippen LogP contribution >= 0.6 is 11.8 Å². The largest absolute Gasteiger partial charge is 0.392 e. The quantitative estimate of drug-likeness (QED) is 0.612. The van der Waals surface area contributed by atoms with Gasteiger partial charge in [0.05, 0.1) is 12.3 Å². The van der Waals surface area contributed by atoms with Gasteiger partial charge < -0.3 is 5.11 Å². The molecule has 0 saturated heterocycles. The highest BCUT2D eigenvalue weighted by Crippen LogP contribution is 2.37. The van der Waals surface area contributed by atoms with Crippen LogP contribution in [0.1, 0.15) is 36.4 Å². The molecule has 0 aliphatic heterocycles. The van der Waals surface area contributed by atoms with E-state index in [-0.39, 0.29) is 6.61 Å². The summed E-state index contributed by atoms with van der Waals surface area (Å²) >= 11 is 1.55. The molecule has 0 spiro atoms. The van der Waals surface area contributed by atoms with Gasteiger partial charge in [-0.1, -0.05) is 18.2 Å². The molecule has 0 atom stereocenters. The van der Waals surface area contributed by atoms with Crippen molar-refractivity contribution in [2.24, 2.45) is 0 Å². The van der Waals surface area contributed by atoms with E-state index < -0.39 is 0 Å². The molecule has 1 N–H and O–H groups in total. The van der Waals surface area contributed by atoms with Gasteiger partial charge in [-0.3, -0.25) is 0 Å². The number of aromatic nitrogens is 2. The molecule has 3 nitrogen and oxygen atoms in total. The summed E-state index contributed by atoms with van der Waals surface area (Å²) in [4.78, 5) is 8.64.